The smallest absolute Gasteiger partial charge is 0.230 e. The summed E-state index contributed by atoms with van der Waals surface area (Å²) in [6.45, 7) is 4.53. The average Bonchev–Trinajstić information content (AvgIpc) is 3.27. The standard InChI is InChI=1S/C26H25ClN4O2S/c1-17-8-9-18(2)23(14-17)31-25(21-6-4-5-7-22(21)27)29-30-26(31)34-16-24(32)28-15-19-10-12-20(33-3)13-11-19/h4-14H,15-16H2,1-3H3,(H,28,32). The predicted molar refractivity (Wildman–Crippen MR) is 137 cm³/mol. The summed E-state index contributed by atoms with van der Waals surface area (Å²) in [5.41, 5.74) is 4.94. The van der Waals surface area contributed by atoms with Crippen molar-refractivity contribution in [2.45, 2.75) is 25.5 Å². The Morgan fingerprint density at radius 2 is 1.82 bits per heavy atom. The lowest BCUT2D eigenvalue weighted by molar-refractivity contribution is -0.118. The van der Waals surface area contributed by atoms with Crippen molar-refractivity contribution in [1.82, 2.24) is 20.1 Å². The van der Waals surface area contributed by atoms with Crippen LogP contribution in [0, 0.1) is 13.8 Å². The minimum absolute atomic E-state index is 0.0874. The average molecular weight is 493 g/mol. The van der Waals surface area contributed by atoms with Crippen molar-refractivity contribution in [3.63, 3.8) is 0 Å². The van der Waals surface area contributed by atoms with E-state index in [4.69, 9.17) is 16.3 Å². The highest BCUT2D eigenvalue weighted by atomic mass is 35.5. The fourth-order valence-electron chi connectivity index (χ4n) is 3.48. The van der Waals surface area contributed by atoms with E-state index < -0.39 is 0 Å². The van der Waals surface area contributed by atoms with Crippen LogP contribution < -0.4 is 10.1 Å². The molecule has 6 nitrogen and oxygen atoms in total. The zero-order valence-corrected chi connectivity index (χ0v) is 20.8. The molecule has 4 aromatic rings. The van der Waals surface area contributed by atoms with Gasteiger partial charge in [-0.2, -0.15) is 0 Å². The summed E-state index contributed by atoms with van der Waals surface area (Å²) in [6.07, 6.45) is 0. The summed E-state index contributed by atoms with van der Waals surface area (Å²) >= 11 is 7.83. The largest absolute Gasteiger partial charge is 0.497 e. The Labute approximate surface area is 208 Å². The number of nitrogens with one attached hydrogen (secondary N) is 1. The van der Waals surface area contributed by atoms with Crippen molar-refractivity contribution in [3.05, 3.63) is 88.4 Å². The van der Waals surface area contributed by atoms with Crippen LogP contribution in [-0.4, -0.2) is 33.5 Å². The van der Waals surface area contributed by atoms with Gasteiger partial charge in [0.15, 0.2) is 11.0 Å². The number of methoxy groups -OCH3 is 1. The highest BCUT2D eigenvalue weighted by molar-refractivity contribution is 7.99. The Kier molecular flexibility index (Phi) is 7.55. The molecule has 0 aliphatic rings. The number of halogens is 1. The van der Waals surface area contributed by atoms with E-state index in [0.29, 0.717) is 22.5 Å². The van der Waals surface area contributed by atoms with Gasteiger partial charge in [-0.15, -0.1) is 10.2 Å². The molecule has 3 aromatic carbocycles. The van der Waals surface area contributed by atoms with Crippen molar-refractivity contribution >= 4 is 29.3 Å². The number of aromatic nitrogens is 3. The lowest BCUT2D eigenvalue weighted by Gasteiger charge is -2.14. The van der Waals surface area contributed by atoms with Gasteiger partial charge >= 0.3 is 0 Å². The number of hydrogen-bond acceptors (Lipinski definition) is 5. The third kappa shape index (κ3) is 5.43. The minimum Gasteiger partial charge on any atom is -0.497 e. The maximum atomic E-state index is 12.6. The molecule has 1 aromatic heterocycles. The van der Waals surface area contributed by atoms with Gasteiger partial charge < -0.3 is 10.1 Å². The number of aryl methyl sites for hydroxylation is 2. The molecule has 1 N–H and O–H groups in total. The number of nitrogens with zero attached hydrogens (tertiary/aromatic N) is 3. The Morgan fingerprint density at radius 1 is 1.06 bits per heavy atom. The van der Waals surface area contributed by atoms with Crippen LogP contribution in [-0.2, 0) is 11.3 Å². The van der Waals surface area contributed by atoms with Crippen molar-refractivity contribution in [1.29, 1.82) is 0 Å². The molecule has 1 amide bonds. The van der Waals surface area contributed by atoms with Gasteiger partial charge in [-0.05, 0) is 60.9 Å². The van der Waals surface area contributed by atoms with E-state index in [1.807, 2.05) is 66.9 Å². The fourth-order valence-corrected chi connectivity index (χ4v) is 4.48. The monoisotopic (exact) mass is 492 g/mol. The molecule has 0 saturated heterocycles. The van der Waals surface area contributed by atoms with Crippen molar-refractivity contribution in [2.24, 2.45) is 0 Å². The minimum atomic E-state index is -0.0874. The molecule has 1 heterocycles. The Hall–Kier alpha value is -3.29. The van der Waals surface area contributed by atoms with Crippen LogP contribution in [0.25, 0.3) is 17.1 Å². The van der Waals surface area contributed by atoms with Gasteiger partial charge in [-0.25, -0.2) is 0 Å². The van der Waals surface area contributed by atoms with Gasteiger partial charge in [-0.3, -0.25) is 9.36 Å². The first-order chi connectivity index (χ1) is 16.5. The molecule has 0 saturated carbocycles. The summed E-state index contributed by atoms with van der Waals surface area (Å²) in [5, 5.41) is 13.0. The van der Waals surface area contributed by atoms with Gasteiger partial charge in [0.05, 0.1) is 23.6 Å². The van der Waals surface area contributed by atoms with Crippen LogP contribution in [0.3, 0.4) is 0 Å². The third-order valence-corrected chi connectivity index (χ3v) is 6.59. The number of rotatable bonds is 8. The van der Waals surface area contributed by atoms with Crippen LogP contribution in [0.4, 0.5) is 0 Å². The maximum absolute atomic E-state index is 12.6. The topological polar surface area (TPSA) is 69.0 Å². The fraction of sp³-hybridized carbons (Fsp3) is 0.192. The van der Waals surface area contributed by atoms with Crippen LogP contribution >= 0.6 is 23.4 Å². The van der Waals surface area contributed by atoms with E-state index in [-0.39, 0.29) is 11.7 Å². The summed E-state index contributed by atoms with van der Waals surface area (Å²) in [6, 6.07) is 21.4. The maximum Gasteiger partial charge on any atom is 0.230 e. The van der Waals surface area contributed by atoms with Crippen molar-refractivity contribution < 1.29 is 9.53 Å². The molecule has 0 aliphatic heterocycles. The Bertz CT molecular complexity index is 1300. The number of hydrogen-bond donors (Lipinski definition) is 1. The predicted octanol–water partition coefficient (Wildman–Crippen LogP) is 5.62. The van der Waals surface area contributed by atoms with Crippen LogP contribution in [0.5, 0.6) is 5.75 Å². The second-order valence-corrected chi connectivity index (χ2v) is 9.17. The molecular formula is C26H25ClN4O2S. The van der Waals surface area contributed by atoms with Crippen LogP contribution in [0.15, 0.2) is 71.9 Å². The normalized spacial score (nSPS) is 10.8. The van der Waals surface area contributed by atoms with Gasteiger partial charge in [0.2, 0.25) is 5.91 Å². The highest BCUT2D eigenvalue weighted by Crippen LogP contribution is 2.33. The third-order valence-electron chi connectivity index (χ3n) is 5.33. The first kappa shape index (κ1) is 23.9. The van der Waals surface area contributed by atoms with E-state index in [1.54, 1.807) is 7.11 Å². The molecule has 0 spiro atoms. The van der Waals surface area contributed by atoms with E-state index in [2.05, 4.69) is 33.7 Å². The molecule has 34 heavy (non-hydrogen) atoms. The molecule has 0 bridgehead atoms. The highest BCUT2D eigenvalue weighted by Gasteiger charge is 2.20. The van der Waals surface area contributed by atoms with Gasteiger partial charge in [0, 0.05) is 12.1 Å². The molecule has 0 radical (unpaired) electrons. The number of amides is 1. The van der Waals surface area contributed by atoms with E-state index in [1.165, 1.54) is 11.8 Å². The number of thioether (sulfide) groups is 1. The Morgan fingerprint density at radius 3 is 2.56 bits per heavy atom. The molecule has 8 heteroatoms. The van der Waals surface area contributed by atoms with E-state index >= 15 is 0 Å². The first-order valence-electron chi connectivity index (χ1n) is 10.8. The molecule has 0 unspecified atom stereocenters. The molecule has 0 atom stereocenters. The summed E-state index contributed by atoms with van der Waals surface area (Å²) < 4.78 is 7.15. The quantitative estimate of drug-likeness (QED) is 0.323. The molecular weight excluding hydrogens is 468 g/mol. The number of benzene rings is 3. The lowest BCUT2D eigenvalue weighted by atomic mass is 10.1. The molecule has 0 fully saturated rings. The van der Waals surface area contributed by atoms with Gasteiger partial charge in [0.1, 0.15) is 5.75 Å². The summed E-state index contributed by atoms with van der Waals surface area (Å²) in [5.74, 6) is 1.54. The van der Waals surface area contributed by atoms with Gasteiger partial charge in [-0.1, -0.05) is 59.8 Å². The number of carbonyl (C=O) groups excluding carboxylic acids is 1. The molecule has 4 rings (SSSR count). The zero-order chi connectivity index (χ0) is 24.1. The zero-order valence-electron chi connectivity index (χ0n) is 19.2. The van der Waals surface area contributed by atoms with Crippen LogP contribution in [0.2, 0.25) is 5.02 Å². The summed E-state index contributed by atoms with van der Waals surface area (Å²) in [7, 11) is 1.63. The van der Waals surface area contributed by atoms with Crippen molar-refractivity contribution in [2.75, 3.05) is 12.9 Å². The first-order valence-corrected chi connectivity index (χ1v) is 12.1. The molecule has 0 aliphatic carbocycles. The SMILES string of the molecule is COc1ccc(CNC(=O)CSc2nnc(-c3ccccc3Cl)n2-c2cc(C)ccc2C)cc1. The summed E-state index contributed by atoms with van der Waals surface area (Å²) in [4.78, 5) is 12.6. The second kappa shape index (κ2) is 10.8. The van der Waals surface area contributed by atoms with Gasteiger partial charge in [0.25, 0.3) is 0 Å². The Balaban J connectivity index is 1.56. The van der Waals surface area contributed by atoms with Crippen LogP contribution in [0.1, 0.15) is 16.7 Å². The van der Waals surface area contributed by atoms with E-state index in [9.17, 15) is 4.79 Å². The second-order valence-electron chi connectivity index (χ2n) is 7.82. The number of carbonyl (C=O) groups is 1. The van der Waals surface area contributed by atoms with E-state index in [0.717, 1.165) is 33.7 Å². The lowest BCUT2D eigenvalue weighted by Crippen LogP contribution is -2.24. The number of ether oxygens (including phenoxy) is 1. The molecule has 174 valence electrons. The van der Waals surface area contributed by atoms with Crippen molar-refractivity contribution in [3.8, 4) is 22.8 Å².